The van der Waals surface area contributed by atoms with Gasteiger partial charge in [-0.15, -0.1) is 0 Å². The van der Waals surface area contributed by atoms with Gasteiger partial charge < -0.3 is 34.1 Å². The standard InChI is InChI=1S/C34H35NO11/c1-22(36)35-28-30(46-33(41)25-17-9-4-10-18-25)29(45-32(40)24-15-7-3-8-16-24)26(21-43-31(39)23-13-5-2-6-14-23)44-34(28)42-20-12-11-19-27(37)38/h2-10,13-18,26,28-30,34H,11-12,19-21H2,1H3,(H,35,36)(H,37,38). The molecule has 1 amide bonds. The molecule has 0 aliphatic carbocycles. The van der Waals surface area contributed by atoms with Crippen molar-refractivity contribution in [3.05, 3.63) is 108 Å². The molecular formula is C34H35NO11. The smallest absolute Gasteiger partial charge is 0.338 e. The van der Waals surface area contributed by atoms with Crippen molar-refractivity contribution >= 4 is 29.8 Å². The Balaban J connectivity index is 1.68. The van der Waals surface area contributed by atoms with Crippen LogP contribution in [0.25, 0.3) is 0 Å². The number of carbonyl (C=O) groups excluding carboxylic acids is 4. The average molecular weight is 634 g/mol. The number of aliphatic carboxylic acids is 1. The first kappa shape index (κ1) is 33.8. The average Bonchev–Trinajstić information content (AvgIpc) is 3.06. The van der Waals surface area contributed by atoms with Crippen LogP contribution in [0.2, 0.25) is 0 Å². The van der Waals surface area contributed by atoms with Gasteiger partial charge in [0.25, 0.3) is 0 Å². The summed E-state index contributed by atoms with van der Waals surface area (Å²) in [6.45, 7) is 0.836. The van der Waals surface area contributed by atoms with Crippen molar-refractivity contribution in [2.24, 2.45) is 0 Å². The van der Waals surface area contributed by atoms with Crippen molar-refractivity contribution in [3.63, 3.8) is 0 Å². The molecule has 0 saturated carbocycles. The molecule has 4 rings (SSSR count). The quantitative estimate of drug-likeness (QED) is 0.151. The molecule has 3 aromatic carbocycles. The normalized spacial score (nSPS) is 20.6. The fourth-order valence-corrected chi connectivity index (χ4v) is 4.78. The van der Waals surface area contributed by atoms with Gasteiger partial charge in [0.1, 0.15) is 18.8 Å². The van der Waals surface area contributed by atoms with Crippen LogP contribution in [0.4, 0.5) is 0 Å². The number of carboxylic acid groups (broad SMARTS) is 1. The number of benzene rings is 3. The van der Waals surface area contributed by atoms with Crippen LogP contribution in [0.3, 0.4) is 0 Å². The number of hydrogen-bond acceptors (Lipinski definition) is 10. The van der Waals surface area contributed by atoms with Crippen LogP contribution in [-0.2, 0) is 33.3 Å². The number of amides is 1. The zero-order valence-corrected chi connectivity index (χ0v) is 25.1. The Hall–Kier alpha value is -5.07. The molecule has 0 bridgehead atoms. The maximum Gasteiger partial charge on any atom is 0.338 e. The lowest BCUT2D eigenvalue weighted by Gasteiger charge is -2.45. The highest BCUT2D eigenvalue weighted by Gasteiger charge is 2.52. The first-order valence-corrected chi connectivity index (χ1v) is 14.7. The van der Waals surface area contributed by atoms with Crippen molar-refractivity contribution in [2.75, 3.05) is 13.2 Å². The van der Waals surface area contributed by atoms with Crippen molar-refractivity contribution in [1.29, 1.82) is 0 Å². The molecule has 5 atom stereocenters. The maximum atomic E-state index is 13.4. The molecule has 0 aromatic heterocycles. The van der Waals surface area contributed by atoms with E-state index in [0.29, 0.717) is 12.8 Å². The first-order valence-electron chi connectivity index (χ1n) is 14.7. The lowest BCUT2D eigenvalue weighted by molar-refractivity contribution is -0.269. The second-order valence-electron chi connectivity index (χ2n) is 10.4. The third kappa shape index (κ3) is 9.71. The Labute approximate surface area is 265 Å². The van der Waals surface area contributed by atoms with Gasteiger partial charge in [-0.2, -0.15) is 0 Å². The predicted octanol–water partition coefficient (Wildman–Crippen LogP) is 3.80. The molecule has 3 aromatic rings. The Morgan fingerprint density at radius 2 is 1.22 bits per heavy atom. The summed E-state index contributed by atoms with van der Waals surface area (Å²) < 4.78 is 29.5. The molecule has 242 valence electrons. The molecule has 1 saturated heterocycles. The summed E-state index contributed by atoms with van der Waals surface area (Å²) in [5.74, 6) is -3.70. The Morgan fingerprint density at radius 1 is 0.717 bits per heavy atom. The lowest BCUT2D eigenvalue weighted by Crippen LogP contribution is -2.66. The molecule has 1 heterocycles. The van der Waals surface area contributed by atoms with Gasteiger partial charge in [-0.05, 0) is 49.2 Å². The maximum absolute atomic E-state index is 13.4. The fraction of sp³-hybridized carbons (Fsp3) is 0.324. The predicted molar refractivity (Wildman–Crippen MR) is 162 cm³/mol. The molecule has 46 heavy (non-hydrogen) atoms. The van der Waals surface area contributed by atoms with Crippen LogP contribution < -0.4 is 5.32 Å². The van der Waals surface area contributed by atoms with E-state index in [2.05, 4.69) is 5.32 Å². The van der Waals surface area contributed by atoms with Crippen molar-refractivity contribution in [3.8, 4) is 0 Å². The van der Waals surface area contributed by atoms with Crippen LogP contribution in [-0.4, -0.2) is 78.7 Å². The van der Waals surface area contributed by atoms with Crippen LogP contribution in [0.5, 0.6) is 0 Å². The van der Waals surface area contributed by atoms with Crippen LogP contribution in [0.1, 0.15) is 57.3 Å². The van der Waals surface area contributed by atoms with Crippen LogP contribution in [0.15, 0.2) is 91.0 Å². The second-order valence-corrected chi connectivity index (χ2v) is 10.4. The molecular weight excluding hydrogens is 598 g/mol. The third-order valence-electron chi connectivity index (χ3n) is 6.98. The van der Waals surface area contributed by atoms with E-state index in [0.717, 1.165) is 0 Å². The molecule has 2 N–H and O–H groups in total. The van der Waals surface area contributed by atoms with Gasteiger partial charge >= 0.3 is 23.9 Å². The number of nitrogens with one attached hydrogen (secondary N) is 1. The lowest BCUT2D eigenvalue weighted by atomic mass is 9.95. The van der Waals surface area contributed by atoms with E-state index < -0.39 is 67.0 Å². The van der Waals surface area contributed by atoms with Crippen molar-refractivity contribution in [2.45, 2.75) is 56.8 Å². The van der Waals surface area contributed by atoms with E-state index in [1.54, 1.807) is 66.7 Å². The minimum atomic E-state index is -1.38. The number of carboxylic acids is 1. The number of unbranched alkanes of at least 4 members (excludes halogenated alkanes) is 1. The molecule has 0 radical (unpaired) electrons. The Kier molecular flexibility index (Phi) is 12.4. The molecule has 12 nitrogen and oxygen atoms in total. The number of ether oxygens (including phenoxy) is 5. The number of carbonyl (C=O) groups is 5. The van der Waals surface area contributed by atoms with Crippen molar-refractivity contribution < 1.29 is 52.8 Å². The molecule has 5 unspecified atom stereocenters. The van der Waals surface area contributed by atoms with Gasteiger partial charge in [0.2, 0.25) is 5.91 Å². The highest BCUT2D eigenvalue weighted by atomic mass is 16.7. The monoisotopic (exact) mass is 633 g/mol. The highest BCUT2D eigenvalue weighted by Crippen LogP contribution is 2.29. The third-order valence-corrected chi connectivity index (χ3v) is 6.98. The van der Waals surface area contributed by atoms with Gasteiger partial charge in [-0.25, -0.2) is 14.4 Å². The minimum Gasteiger partial charge on any atom is -0.481 e. The number of hydrogen-bond donors (Lipinski definition) is 2. The summed E-state index contributed by atoms with van der Waals surface area (Å²) in [6.07, 6.45) is -4.66. The van der Waals surface area contributed by atoms with E-state index in [1.807, 2.05) is 0 Å². The minimum absolute atomic E-state index is 0.0262. The topological polar surface area (TPSA) is 164 Å². The van der Waals surface area contributed by atoms with Gasteiger partial charge in [0.15, 0.2) is 18.5 Å². The summed E-state index contributed by atoms with van der Waals surface area (Å²) in [7, 11) is 0. The van der Waals surface area contributed by atoms with E-state index in [4.69, 9.17) is 28.8 Å². The first-order chi connectivity index (χ1) is 22.2. The van der Waals surface area contributed by atoms with Gasteiger partial charge in [0, 0.05) is 20.0 Å². The summed E-state index contributed by atoms with van der Waals surface area (Å²) >= 11 is 0. The summed E-state index contributed by atoms with van der Waals surface area (Å²) in [6, 6.07) is 23.2. The van der Waals surface area contributed by atoms with E-state index in [-0.39, 0.29) is 29.7 Å². The largest absolute Gasteiger partial charge is 0.481 e. The summed E-state index contributed by atoms with van der Waals surface area (Å²) in [5, 5.41) is 11.7. The Morgan fingerprint density at radius 3 is 1.72 bits per heavy atom. The zero-order chi connectivity index (χ0) is 32.9. The number of rotatable bonds is 14. The molecule has 12 heteroatoms. The van der Waals surface area contributed by atoms with Gasteiger partial charge in [-0.1, -0.05) is 54.6 Å². The molecule has 1 aliphatic rings. The SMILES string of the molecule is CC(=O)NC1C(OCCCCC(=O)O)OC(COC(=O)c2ccccc2)C(OC(=O)c2ccccc2)C1OC(=O)c1ccccc1. The van der Waals surface area contributed by atoms with Crippen molar-refractivity contribution in [1.82, 2.24) is 5.32 Å². The molecule has 0 spiro atoms. The fourth-order valence-electron chi connectivity index (χ4n) is 4.78. The van der Waals surface area contributed by atoms with E-state index in [9.17, 15) is 24.0 Å². The van der Waals surface area contributed by atoms with Gasteiger partial charge in [0.05, 0.1) is 16.7 Å². The Bertz CT molecular complexity index is 1470. The zero-order valence-electron chi connectivity index (χ0n) is 25.1. The molecule has 1 fully saturated rings. The number of esters is 3. The second kappa shape index (κ2) is 16.8. The highest BCUT2D eigenvalue weighted by molar-refractivity contribution is 5.91. The van der Waals surface area contributed by atoms with Crippen LogP contribution >= 0.6 is 0 Å². The van der Waals surface area contributed by atoms with Crippen LogP contribution in [0, 0.1) is 0 Å². The van der Waals surface area contributed by atoms with E-state index >= 15 is 0 Å². The molecule has 1 aliphatic heterocycles. The summed E-state index contributed by atoms with van der Waals surface area (Å²) in [4.78, 5) is 62.9. The van der Waals surface area contributed by atoms with E-state index in [1.165, 1.54) is 31.2 Å². The van der Waals surface area contributed by atoms with Gasteiger partial charge in [-0.3, -0.25) is 9.59 Å². The summed E-state index contributed by atoms with van der Waals surface area (Å²) in [5.41, 5.74) is 0.663.